The van der Waals surface area contributed by atoms with Crippen LogP contribution in [-0.4, -0.2) is 19.5 Å². The molecule has 0 fully saturated rings. The van der Waals surface area contributed by atoms with Crippen molar-refractivity contribution in [1.82, 2.24) is 19.5 Å². The van der Waals surface area contributed by atoms with Gasteiger partial charge in [0.25, 0.3) is 0 Å². The van der Waals surface area contributed by atoms with Crippen LogP contribution in [0, 0.1) is 0 Å². The molecule has 0 radical (unpaired) electrons. The fraction of sp³-hybridized carbons (Fsp3) is 0.0476. The minimum absolute atomic E-state index is 0.860. The van der Waals surface area contributed by atoms with E-state index in [2.05, 4.69) is 94.0 Å². The first-order valence-electron chi connectivity index (χ1n) is 8.42. The molecule has 5 rings (SSSR count). The number of H-pyrrole nitrogens is 1. The Balaban J connectivity index is 0.000000153. The molecule has 6 heteroatoms. The Bertz CT molecular complexity index is 1180. The fourth-order valence-corrected chi connectivity index (χ4v) is 3.57. The number of halogens is 2. The number of rotatable bonds is 2. The minimum Gasteiger partial charge on any atom is -0.346 e. The molecule has 0 bridgehead atoms. The molecule has 134 valence electrons. The molecule has 0 amide bonds. The number of hydrogen-bond acceptors (Lipinski definition) is 2. The summed E-state index contributed by atoms with van der Waals surface area (Å²) in [5.74, 6) is 0. The Morgan fingerprint density at radius 2 is 1.59 bits per heavy atom. The second-order valence-corrected chi connectivity index (χ2v) is 7.90. The van der Waals surface area contributed by atoms with Crippen molar-refractivity contribution < 1.29 is 0 Å². The quantitative estimate of drug-likeness (QED) is 0.326. The average Bonchev–Trinajstić information content (AvgIpc) is 3.29. The number of benzene rings is 1. The highest BCUT2D eigenvalue weighted by Crippen LogP contribution is 2.19. The molecule has 4 aromatic heterocycles. The molecule has 0 aliphatic heterocycles. The van der Waals surface area contributed by atoms with Crippen molar-refractivity contribution in [3.05, 3.63) is 93.9 Å². The molecule has 0 aliphatic carbocycles. The molecule has 0 unspecified atom stereocenters. The molecular formula is C21H16Br2N4. The zero-order valence-corrected chi connectivity index (χ0v) is 17.5. The molecule has 1 N–H and O–H groups in total. The summed E-state index contributed by atoms with van der Waals surface area (Å²) in [6.07, 6.45) is 7.57. The predicted octanol–water partition coefficient (Wildman–Crippen LogP) is 6.17. The molecule has 0 saturated carbocycles. The SMILES string of the molecule is Brc1cnc2[nH]ccc2c1.Brc1cnc2c(ccn2Cc2ccccc2)c1. The van der Waals surface area contributed by atoms with Crippen LogP contribution in [0.15, 0.2) is 88.3 Å². The normalized spacial score (nSPS) is 10.7. The second kappa shape index (κ2) is 8.06. The molecular weight excluding hydrogens is 468 g/mol. The van der Waals surface area contributed by atoms with Crippen molar-refractivity contribution in [2.45, 2.75) is 6.54 Å². The summed E-state index contributed by atoms with van der Waals surface area (Å²) in [5.41, 5.74) is 3.25. The van der Waals surface area contributed by atoms with Gasteiger partial charge >= 0.3 is 0 Å². The van der Waals surface area contributed by atoms with E-state index in [4.69, 9.17) is 0 Å². The van der Waals surface area contributed by atoms with Gasteiger partial charge in [0.05, 0.1) is 0 Å². The van der Waals surface area contributed by atoms with E-state index in [0.717, 1.165) is 37.6 Å². The predicted molar refractivity (Wildman–Crippen MR) is 117 cm³/mol. The van der Waals surface area contributed by atoms with Crippen molar-refractivity contribution in [1.29, 1.82) is 0 Å². The number of aromatic amines is 1. The van der Waals surface area contributed by atoms with E-state index in [1.165, 1.54) is 5.56 Å². The van der Waals surface area contributed by atoms with Gasteiger partial charge in [-0.1, -0.05) is 30.3 Å². The molecule has 1 aromatic carbocycles. The lowest BCUT2D eigenvalue weighted by atomic mass is 10.2. The Hall–Kier alpha value is -2.44. The van der Waals surface area contributed by atoms with Gasteiger partial charge in [0.1, 0.15) is 11.3 Å². The van der Waals surface area contributed by atoms with E-state index in [9.17, 15) is 0 Å². The van der Waals surface area contributed by atoms with Crippen molar-refractivity contribution >= 4 is 53.9 Å². The number of fused-ring (bicyclic) bond motifs is 2. The lowest BCUT2D eigenvalue weighted by molar-refractivity contribution is 0.825. The summed E-state index contributed by atoms with van der Waals surface area (Å²) < 4.78 is 4.19. The van der Waals surface area contributed by atoms with Crippen molar-refractivity contribution in [3.8, 4) is 0 Å². The number of aromatic nitrogens is 4. The van der Waals surface area contributed by atoms with Gasteiger partial charge in [0, 0.05) is 51.1 Å². The molecule has 27 heavy (non-hydrogen) atoms. The van der Waals surface area contributed by atoms with E-state index in [1.807, 2.05) is 30.6 Å². The van der Waals surface area contributed by atoms with E-state index in [-0.39, 0.29) is 0 Å². The van der Waals surface area contributed by atoms with Crippen LogP contribution in [0.25, 0.3) is 22.1 Å². The second-order valence-electron chi connectivity index (χ2n) is 6.06. The highest BCUT2D eigenvalue weighted by atomic mass is 79.9. The number of nitrogens with zero attached hydrogens (tertiary/aromatic N) is 3. The Labute approximate surface area is 173 Å². The first-order valence-corrected chi connectivity index (χ1v) is 10.0. The van der Waals surface area contributed by atoms with E-state index in [1.54, 1.807) is 6.20 Å². The van der Waals surface area contributed by atoms with Crippen LogP contribution in [0.5, 0.6) is 0 Å². The maximum Gasteiger partial charge on any atom is 0.140 e. The first kappa shape index (κ1) is 17.9. The highest BCUT2D eigenvalue weighted by molar-refractivity contribution is 9.10. The highest BCUT2D eigenvalue weighted by Gasteiger charge is 2.03. The number of nitrogens with one attached hydrogen (secondary N) is 1. The Morgan fingerprint density at radius 1 is 0.852 bits per heavy atom. The molecule has 0 aliphatic rings. The molecule has 0 atom stereocenters. The van der Waals surface area contributed by atoms with Crippen molar-refractivity contribution in [2.24, 2.45) is 0 Å². The molecule has 0 saturated heterocycles. The van der Waals surface area contributed by atoms with Gasteiger partial charge in [-0.2, -0.15) is 0 Å². The summed E-state index contributed by atoms with van der Waals surface area (Å²) in [6, 6.07) is 18.6. The van der Waals surface area contributed by atoms with Crippen LogP contribution >= 0.6 is 31.9 Å². The molecule has 5 aromatic rings. The lowest BCUT2D eigenvalue weighted by Gasteiger charge is -2.04. The van der Waals surface area contributed by atoms with Crippen LogP contribution in [-0.2, 0) is 6.54 Å². The third-order valence-corrected chi connectivity index (χ3v) is 5.00. The van der Waals surface area contributed by atoms with Crippen molar-refractivity contribution in [2.75, 3.05) is 0 Å². The van der Waals surface area contributed by atoms with E-state index >= 15 is 0 Å². The number of pyridine rings is 2. The largest absolute Gasteiger partial charge is 0.346 e. The fourth-order valence-electron chi connectivity index (χ4n) is 2.87. The molecule has 4 nitrogen and oxygen atoms in total. The average molecular weight is 484 g/mol. The minimum atomic E-state index is 0.860. The van der Waals surface area contributed by atoms with Gasteiger partial charge in [-0.15, -0.1) is 0 Å². The third-order valence-electron chi connectivity index (χ3n) is 4.13. The summed E-state index contributed by atoms with van der Waals surface area (Å²) in [4.78, 5) is 11.6. The zero-order chi connectivity index (χ0) is 18.6. The zero-order valence-electron chi connectivity index (χ0n) is 14.3. The van der Waals surface area contributed by atoms with Gasteiger partial charge in [0.15, 0.2) is 0 Å². The van der Waals surface area contributed by atoms with Crippen LogP contribution in [0.3, 0.4) is 0 Å². The standard InChI is InChI=1S/C14H11BrN2.C7H5BrN2/c15-13-8-12-6-7-17(14(12)16-9-13)10-11-4-2-1-3-5-11;8-6-3-5-1-2-9-7(5)10-4-6/h1-9H,10H2;1-4H,(H,9,10). The monoisotopic (exact) mass is 482 g/mol. The van der Waals surface area contributed by atoms with Crippen LogP contribution < -0.4 is 0 Å². The van der Waals surface area contributed by atoms with E-state index < -0.39 is 0 Å². The van der Waals surface area contributed by atoms with Crippen LogP contribution in [0.2, 0.25) is 0 Å². The summed E-state index contributed by atoms with van der Waals surface area (Å²) >= 11 is 6.78. The summed E-state index contributed by atoms with van der Waals surface area (Å²) in [6.45, 7) is 0.860. The van der Waals surface area contributed by atoms with Gasteiger partial charge in [-0.25, -0.2) is 9.97 Å². The Morgan fingerprint density at radius 3 is 2.41 bits per heavy atom. The van der Waals surface area contributed by atoms with Gasteiger partial charge < -0.3 is 9.55 Å². The Kier molecular flexibility index (Phi) is 5.36. The van der Waals surface area contributed by atoms with Gasteiger partial charge in [-0.3, -0.25) is 0 Å². The topological polar surface area (TPSA) is 46.5 Å². The molecule has 4 heterocycles. The van der Waals surface area contributed by atoms with Crippen molar-refractivity contribution in [3.63, 3.8) is 0 Å². The van der Waals surface area contributed by atoms with E-state index in [0.29, 0.717) is 0 Å². The van der Waals surface area contributed by atoms with Crippen LogP contribution in [0.4, 0.5) is 0 Å². The molecule has 0 spiro atoms. The summed E-state index contributed by atoms with van der Waals surface area (Å²) in [7, 11) is 0. The van der Waals surface area contributed by atoms with Crippen LogP contribution in [0.1, 0.15) is 5.56 Å². The van der Waals surface area contributed by atoms with Gasteiger partial charge in [0.2, 0.25) is 0 Å². The maximum atomic E-state index is 4.45. The summed E-state index contributed by atoms with van der Waals surface area (Å²) in [5, 5.41) is 2.30. The smallest absolute Gasteiger partial charge is 0.140 e. The maximum absolute atomic E-state index is 4.45. The number of hydrogen-bond donors (Lipinski definition) is 1. The lowest BCUT2D eigenvalue weighted by Crippen LogP contribution is -1.98. The third kappa shape index (κ3) is 4.28. The van der Waals surface area contributed by atoms with Gasteiger partial charge in [-0.05, 0) is 61.7 Å². The first-order chi connectivity index (χ1) is 13.2.